The maximum atomic E-state index is 13.7. The third-order valence-electron chi connectivity index (χ3n) is 3.24. The molecule has 20 heavy (non-hydrogen) atoms. The van der Waals surface area contributed by atoms with E-state index in [0.29, 0.717) is 23.5 Å². The van der Waals surface area contributed by atoms with E-state index in [4.69, 9.17) is 9.47 Å². The Balaban J connectivity index is 1.86. The first-order valence-electron chi connectivity index (χ1n) is 6.21. The predicted molar refractivity (Wildman–Crippen MR) is 71.2 cm³/mol. The zero-order valence-electron chi connectivity index (χ0n) is 10.8. The van der Waals surface area contributed by atoms with Gasteiger partial charge in [0.1, 0.15) is 17.7 Å². The van der Waals surface area contributed by atoms with Gasteiger partial charge in [0.15, 0.2) is 11.6 Å². The third-order valence-corrected chi connectivity index (χ3v) is 3.24. The summed E-state index contributed by atoms with van der Waals surface area (Å²) in [5, 5.41) is 3.08. The molecule has 3 rings (SSSR count). The summed E-state index contributed by atoms with van der Waals surface area (Å²) in [5.74, 6) is -0.00818. The summed E-state index contributed by atoms with van der Waals surface area (Å²) < 4.78 is 37.4. The van der Waals surface area contributed by atoms with Crippen molar-refractivity contribution in [1.29, 1.82) is 0 Å². The lowest BCUT2D eigenvalue weighted by molar-refractivity contribution is 0.209. The van der Waals surface area contributed by atoms with Crippen LogP contribution in [0.15, 0.2) is 36.4 Å². The van der Waals surface area contributed by atoms with Gasteiger partial charge in [-0.1, -0.05) is 6.07 Å². The monoisotopic (exact) mass is 277 g/mol. The van der Waals surface area contributed by atoms with E-state index < -0.39 is 5.82 Å². The van der Waals surface area contributed by atoms with Gasteiger partial charge in [-0.3, -0.25) is 0 Å². The van der Waals surface area contributed by atoms with E-state index in [1.807, 2.05) is 0 Å². The van der Waals surface area contributed by atoms with Crippen LogP contribution in [0.4, 0.5) is 14.5 Å². The van der Waals surface area contributed by atoms with Gasteiger partial charge in [-0.2, -0.15) is 0 Å². The SMILES string of the molecule is COc1ccc(C2CNc3cc(F)ccc3O2)cc1F. The number of halogens is 2. The lowest BCUT2D eigenvalue weighted by Crippen LogP contribution is -2.23. The summed E-state index contributed by atoms with van der Waals surface area (Å²) in [5.41, 5.74) is 1.31. The molecule has 0 bridgehead atoms. The van der Waals surface area contributed by atoms with Crippen LogP contribution in [0, 0.1) is 11.6 Å². The zero-order chi connectivity index (χ0) is 14.1. The molecule has 1 aliphatic rings. The Hall–Kier alpha value is -2.30. The van der Waals surface area contributed by atoms with Crippen LogP contribution in [-0.2, 0) is 0 Å². The van der Waals surface area contributed by atoms with Crippen LogP contribution in [0.1, 0.15) is 11.7 Å². The van der Waals surface area contributed by atoms with E-state index in [2.05, 4.69) is 5.32 Å². The Morgan fingerprint density at radius 2 is 2.05 bits per heavy atom. The van der Waals surface area contributed by atoms with Gasteiger partial charge in [-0.25, -0.2) is 8.78 Å². The highest BCUT2D eigenvalue weighted by molar-refractivity contribution is 5.58. The minimum atomic E-state index is -0.432. The number of hydrogen-bond donors (Lipinski definition) is 1. The molecule has 0 aliphatic carbocycles. The number of methoxy groups -OCH3 is 1. The van der Waals surface area contributed by atoms with Gasteiger partial charge in [0.25, 0.3) is 0 Å². The van der Waals surface area contributed by atoms with E-state index in [9.17, 15) is 8.78 Å². The molecule has 2 aromatic rings. The fraction of sp³-hybridized carbons (Fsp3) is 0.200. The molecule has 0 spiro atoms. The predicted octanol–water partition coefficient (Wildman–Crippen LogP) is 3.52. The summed E-state index contributed by atoms with van der Waals surface area (Å²) >= 11 is 0. The second kappa shape index (κ2) is 5.00. The standard InChI is InChI=1S/C15H13F2NO2/c1-19-13-4-2-9(6-11(13)17)15-8-18-12-7-10(16)3-5-14(12)20-15/h2-7,15,18H,8H2,1H3. The maximum absolute atomic E-state index is 13.7. The highest BCUT2D eigenvalue weighted by Gasteiger charge is 2.22. The average Bonchev–Trinajstić information content (AvgIpc) is 2.46. The highest BCUT2D eigenvalue weighted by Crippen LogP contribution is 2.35. The van der Waals surface area contributed by atoms with E-state index in [1.54, 1.807) is 18.2 Å². The van der Waals surface area contributed by atoms with Crippen molar-refractivity contribution in [2.75, 3.05) is 19.0 Å². The Bertz CT molecular complexity index is 646. The van der Waals surface area contributed by atoms with Gasteiger partial charge in [-0.05, 0) is 29.8 Å². The van der Waals surface area contributed by atoms with Gasteiger partial charge in [0, 0.05) is 6.07 Å². The van der Waals surface area contributed by atoms with Gasteiger partial charge in [0.2, 0.25) is 0 Å². The van der Waals surface area contributed by atoms with Crippen molar-refractivity contribution in [3.05, 3.63) is 53.6 Å². The summed E-state index contributed by atoms with van der Waals surface area (Å²) in [7, 11) is 1.42. The Morgan fingerprint density at radius 1 is 1.20 bits per heavy atom. The van der Waals surface area contributed by atoms with Crippen molar-refractivity contribution >= 4 is 5.69 Å². The fourth-order valence-electron chi connectivity index (χ4n) is 2.21. The molecule has 0 aromatic heterocycles. The number of rotatable bonds is 2. The molecule has 1 unspecified atom stereocenters. The summed E-state index contributed by atoms with van der Waals surface area (Å²) in [6, 6.07) is 8.97. The first kappa shape index (κ1) is 12.7. The van der Waals surface area contributed by atoms with Crippen LogP contribution in [0.3, 0.4) is 0 Å². The lowest BCUT2D eigenvalue weighted by Gasteiger charge is -2.27. The lowest BCUT2D eigenvalue weighted by atomic mass is 10.1. The molecule has 1 heterocycles. The Labute approximate surface area is 115 Å². The quantitative estimate of drug-likeness (QED) is 0.911. The van der Waals surface area contributed by atoms with Crippen molar-refractivity contribution in [2.45, 2.75) is 6.10 Å². The molecule has 0 fully saturated rings. The van der Waals surface area contributed by atoms with Crippen LogP contribution in [0.2, 0.25) is 0 Å². The number of nitrogens with one attached hydrogen (secondary N) is 1. The maximum Gasteiger partial charge on any atom is 0.165 e. The highest BCUT2D eigenvalue weighted by atomic mass is 19.1. The van der Waals surface area contributed by atoms with Crippen molar-refractivity contribution < 1.29 is 18.3 Å². The number of ether oxygens (including phenoxy) is 2. The van der Waals surface area contributed by atoms with E-state index in [-0.39, 0.29) is 17.7 Å². The smallest absolute Gasteiger partial charge is 0.165 e. The van der Waals surface area contributed by atoms with E-state index >= 15 is 0 Å². The molecule has 0 radical (unpaired) electrons. The molecule has 0 amide bonds. The van der Waals surface area contributed by atoms with E-state index in [0.717, 1.165) is 0 Å². The van der Waals surface area contributed by atoms with Crippen LogP contribution >= 0.6 is 0 Å². The van der Waals surface area contributed by atoms with Crippen LogP contribution in [-0.4, -0.2) is 13.7 Å². The van der Waals surface area contributed by atoms with Crippen molar-refractivity contribution in [1.82, 2.24) is 0 Å². The molecule has 2 aromatic carbocycles. The average molecular weight is 277 g/mol. The Morgan fingerprint density at radius 3 is 2.80 bits per heavy atom. The second-order valence-electron chi connectivity index (χ2n) is 4.52. The van der Waals surface area contributed by atoms with Gasteiger partial charge in [-0.15, -0.1) is 0 Å². The molecule has 3 nitrogen and oxygen atoms in total. The zero-order valence-corrected chi connectivity index (χ0v) is 10.8. The topological polar surface area (TPSA) is 30.5 Å². The first-order valence-corrected chi connectivity index (χ1v) is 6.21. The molecule has 1 aliphatic heterocycles. The minimum absolute atomic E-state index is 0.194. The summed E-state index contributed by atoms with van der Waals surface area (Å²) in [6.45, 7) is 0.447. The third kappa shape index (κ3) is 2.27. The molecule has 1 N–H and O–H groups in total. The van der Waals surface area contributed by atoms with Gasteiger partial charge >= 0.3 is 0 Å². The summed E-state index contributed by atoms with van der Waals surface area (Å²) in [4.78, 5) is 0. The van der Waals surface area contributed by atoms with Crippen molar-refractivity contribution in [3.8, 4) is 11.5 Å². The molecular weight excluding hydrogens is 264 g/mol. The van der Waals surface area contributed by atoms with Crippen LogP contribution in [0.5, 0.6) is 11.5 Å². The number of fused-ring (bicyclic) bond motifs is 1. The van der Waals surface area contributed by atoms with Crippen LogP contribution < -0.4 is 14.8 Å². The normalized spacial score (nSPS) is 16.9. The van der Waals surface area contributed by atoms with E-state index in [1.165, 1.54) is 25.3 Å². The van der Waals surface area contributed by atoms with Crippen molar-refractivity contribution in [3.63, 3.8) is 0 Å². The first-order chi connectivity index (χ1) is 9.67. The molecule has 104 valence electrons. The second-order valence-corrected chi connectivity index (χ2v) is 4.52. The Kier molecular flexibility index (Phi) is 3.18. The molecule has 1 atom stereocenters. The van der Waals surface area contributed by atoms with Crippen molar-refractivity contribution in [2.24, 2.45) is 0 Å². The van der Waals surface area contributed by atoms with Gasteiger partial charge < -0.3 is 14.8 Å². The minimum Gasteiger partial charge on any atom is -0.494 e. The molecule has 0 saturated heterocycles. The molecule has 5 heteroatoms. The van der Waals surface area contributed by atoms with Gasteiger partial charge in [0.05, 0.1) is 19.3 Å². The fourth-order valence-corrected chi connectivity index (χ4v) is 2.21. The number of benzene rings is 2. The summed E-state index contributed by atoms with van der Waals surface area (Å²) in [6.07, 6.45) is -0.326. The van der Waals surface area contributed by atoms with Crippen LogP contribution in [0.25, 0.3) is 0 Å². The molecular formula is C15H13F2NO2. The molecule has 0 saturated carbocycles. The number of hydrogen-bond acceptors (Lipinski definition) is 3. The number of anilines is 1. The largest absolute Gasteiger partial charge is 0.494 e.